The second-order valence-corrected chi connectivity index (χ2v) is 5.60. The summed E-state index contributed by atoms with van der Waals surface area (Å²) in [7, 11) is 0. The van der Waals surface area contributed by atoms with Gasteiger partial charge in [-0.15, -0.1) is 0 Å². The van der Waals surface area contributed by atoms with Crippen LogP contribution in [0, 0.1) is 6.92 Å². The fourth-order valence-corrected chi connectivity index (χ4v) is 2.65. The first-order valence-electron chi connectivity index (χ1n) is 6.91. The average Bonchev–Trinajstić information content (AvgIpc) is 2.84. The number of nitrogens with one attached hydrogen (secondary N) is 1. The van der Waals surface area contributed by atoms with Crippen molar-refractivity contribution in [2.75, 3.05) is 18.5 Å². The number of pyridine rings is 1. The van der Waals surface area contributed by atoms with Crippen LogP contribution in [0.25, 0.3) is 10.9 Å². The van der Waals surface area contributed by atoms with E-state index in [1.165, 1.54) is 10.9 Å². The zero-order chi connectivity index (χ0) is 13.3. The van der Waals surface area contributed by atoms with E-state index in [1.54, 1.807) is 0 Å². The highest BCUT2D eigenvalue weighted by Gasteiger charge is 2.29. The van der Waals surface area contributed by atoms with E-state index in [0.717, 1.165) is 37.3 Å². The lowest BCUT2D eigenvalue weighted by atomic mass is 10.0. The highest BCUT2D eigenvalue weighted by molar-refractivity contribution is 5.81. The molecule has 3 heteroatoms. The van der Waals surface area contributed by atoms with Gasteiger partial charge in [-0.1, -0.05) is 18.2 Å². The lowest BCUT2D eigenvalue weighted by molar-refractivity contribution is 0.0315. The van der Waals surface area contributed by atoms with Crippen LogP contribution in [-0.4, -0.2) is 23.7 Å². The van der Waals surface area contributed by atoms with E-state index in [9.17, 15) is 0 Å². The van der Waals surface area contributed by atoms with E-state index >= 15 is 0 Å². The van der Waals surface area contributed by atoms with Gasteiger partial charge in [-0.05, 0) is 44.4 Å². The monoisotopic (exact) mass is 256 g/mol. The zero-order valence-corrected chi connectivity index (χ0v) is 11.6. The van der Waals surface area contributed by atoms with Crippen LogP contribution in [0.15, 0.2) is 30.3 Å². The summed E-state index contributed by atoms with van der Waals surface area (Å²) in [5.41, 5.74) is 2.17. The van der Waals surface area contributed by atoms with Crippen molar-refractivity contribution in [3.8, 4) is 0 Å². The summed E-state index contributed by atoms with van der Waals surface area (Å²) in [5, 5.41) is 4.64. The Morgan fingerprint density at radius 2 is 2.21 bits per heavy atom. The topological polar surface area (TPSA) is 34.2 Å². The Hall–Kier alpha value is -1.61. The Kier molecular flexibility index (Phi) is 3.15. The Labute approximate surface area is 114 Å². The van der Waals surface area contributed by atoms with Gasteiger partial charge in [0.2, 0.25) is 0 Å². The van der Waals surface area contributed by atoms with Gasteiger partial charge in [0.15, 0.2) is 0 Å². The molecule has 3 rings (SSSR count). The number of rotatable bonds is 3. The Morgan fingerprint density at radius 3 is 3.00 bits per heavy atom. The van der Waals surface area contributed by atoms with Crippen molar-refractivity contribution in [3.63, 3.8) is 0 Å². The van der Waals surface area contributed by atoms with Crippen molar-refractivity contribution in [3.05, 3.63) is 35.9 Å². The van der Waals surface area contributed by atoms with Crippen LogP contribution in [0.5, 0.6) is 0 Å². The normalized spacial score (nSPS) is 22.8. The van der Waals surface area contributed by atoms with Crippen molar-refractivity contribution in [2.24, 2.45) is 0 Å². The van der Waals surface area contributed by atoms with Gasteiger partial charge in [0, 0.05) is 18.5 Å². The number of fused-ring (bicyclic) bond motifs is 1. The van der Waals surface area contributed by atoms with Gasteiger partial charge >= 0.3 is 0 Å². The third-order valence-corrected chi connectivity index (χ3v) is 3.84. The van der Waals surface area contributed by atoms with E-state index in [4.69, 9.17) is 9.72 Å². The van der Waals surface area contributed by atoms with E-state index in [1.807, 2.05) is 18.2 Å². The molecule has 0 spiro atoms. The Bertz CT molecular complexity index is 588. The van der Waals surface area contributed by atoms with E-state index in [0.29, 0.717) is 0 Å². The molecule has 1 atom stereocenters. The van der Waals surface area contributed by atoms with Gasteiger partial charge in [0.25, 0.3) is 0 Å². The van der Waals surface area contributed by atoms with Crippen LogP contribution in [0.1, 0.15) is 25.3 Å². The fraction of sp³-hybridized carbons (Fsp3) is 0.438. The van der Waals surface area contributed by atoms with E-state index < -0.39 is 0 Å². The maximum atomic E-state index is 5.80. The number of aryl methyl sites for hydroxylation is 1. The van der Waals surface area contributed by atoms with Crippen molar-refractivity contribution in [1.82, 2.24) is 4.98 Å². The summed E-state index contributed by atoms with van der Waals surface area (Å²) in [6, 6.07) is 10.4. The lowest BCUT2D eigenvalue weighted by Gasteiger charge is -2.24. The molecule has 1 fully saturated rings. The molecule has 0 saturated carbocycles. The van der Waals surface area contributed by atoms with Gasteiger partial charge in [-0.2, -0.15) is 0 Å². The predicted octanol–water partition coefficient (Wildman–Crippen LogP) is 3.52. The maximum absolute atomic E-state index is 5.80. The maximum Gasteiger partial charge on any atom is 0.129 e. The van der Waals surface area contributed by atoms with E-state index in [-0.39, 0.29) is 5.60 Å². The quantitative estimate of drug-likeness (QED) is 0.912. The molecular weight excluding hydrogens is 236 g/mol. The number of anilines is 1. The van der Waals surface area contributed by atoms with Crippen molar-refractivity contribution >= 4 is 16.7 Å². The molecular formula is C16H20N2O. The molecule has 2 aromatic rings. The van der Waals surface area contributed by atoms with Gasteiger partial charge in [-0.25, -0.2) is 4.98 Å². The second kappa shape index (κ2) is 4.82. The molecule has 100 valence electrons. The zero-order valence-electron chi connectivity index (χ0n) is 11.6. The van der Waals surface area contributed by atoms with Crippen LogP contribution >= 0.6 is 0 Å². The molecule has 1 aromatic carbocycles. The highest BCUT2D eigenvalue weighted by atomic mass is 16.5. The van der Waals surface area contributed by atoms with Gasteiger partial charge < -0.3 is 10.1 Å². The standard InChI is InChI=1S/C16H20N2O/c1-12-10-13-6-3-4-7-14(13)18-15(12)17-11-16(2)8-5-9-19-16/h3-4,6-7,10H,5,8-9,11H2,1-2H3,(H,17,18). The van der Waals surface area contributed by atoms with Crippen molar-refractivity contribution in [2.45, 2.75) is 32.3 Å². The number of aromatic nitrogens is 1. The number of benzene rings is 1. The first kappa shape index (κ1) is 12.4. The second-order valence-electron chi connectivity index (χ2n) is 5.60. The summed E-state index contributed by atoms with van der Waals surface area (Å²) in [4.78, 5) is 4.70. The molecule has 1 aliphatic rings. The highest BCUT2D eigenvalue weighted by Crippen LogP contribution is 2.26. The molecule has 0 bridgehead atoms. The third-order valence-electron chi connectivity index (χ3n) is 3.84. The largest absolute Gasteiger partial charge is 0.373 e. The molecule has 2 heterocycles. The number of hydrogen-bond acceptors (Lipinski definition) is 3. The smallest absolute Gasteiger partial charge is 0.129 e. The van der Waals surface area contributed by atoms with Crippen molar-refractivity contribution < 1.29 is 4.74 Å². The fourth-order valence-electron chi connectivity index (χ4n) is 2.65. The Balaban J connectivity index is 1.82. The number of nitrogens with zero attached hydrogens (tertiary/aromatic N) is 1. The van der Waals surface area contributed by atoms with Crippen LogP contribution in [0.4, 0.5) is 5.82 Å². The van der Waals surface area contributed by atoms with Gasteiger partial charge in [0.1, 0.15) is 5.82 Å². The number of hydrogen-bond donors (Lipinski definition) is 1. The van der Waals surface area contributed by atoms with Crippen LogP contribution < -0.4 is 5.32 Å². The summed E-state index contributed by atoms with van der Waals surface area (Å²) in [5.74, 6) is 0.968. The van der Waals surface area contributed by atoms with E-state index in [2.05, 4.69) is 31.3 Å². The minimum atomic E-state index is -0.0419. The molecule has 19 heavy (non-hydrogen) atoms. The van der Waals surface area contributed by atoms with Gasteiger partial charge in [-0.3, -0.25) is 0 Å². The molecule has 0 radical (unpaired) electrons. The minimum absolute atomic E-state index is 0.0419. The predicted molar refractivity (Wildman–Crippen MR) is 78.6 cm³/mol. The third kappa shape index (κ3) is 2.56. The molecule has 0 amide bonds. The van der Waals surface area contributed by atoms with Crippen LogP contribution in [-0.2, 0) is 4.74 Å². The molecule has 0 aliphatic carbocycles. The molecule has 3 nitrogen and oxygen atoms in total. The van der Waals surface area contributed by atoms with Crippen LogP contribution in [0.2, 0.25) is 0 Å². The Morgan fingerprint density at radius 1 is 1.37 bits per heavy atom. The molecule has 1 aromatic heterocycles. The molecule has 1 N–H and O–H groups in total. The average molecular weight is 256 g/mol. The SMILES string of the molecule is Cc1cc2ccccc2nc1NCC1(C)CCCO1. The first-order chi connectivity index (χ1) is 9.16. The van der Waals surface area contributed by atoms with Crippen molar-refractivity contribution in [1.29, 1.82) is 0 Å². The number of ether oxygens (including phenoxy) is 1. The number of para-hydroxylation sites is 1. The summed E-state index contributed by atoms with van der Waals surface area (Å²) >= 11 is 0. The molecule has 1 aliphatic heterocycles. The summed E-state index contributed by atoms with van der Waals surface area (Å²) in [6.45, 7) is 5.96. The lowest BCUT2D eigenvalue weighted by Crippen LogP contribution is -2.32. The summed E-state index contributed by atoms with van der Waals surface area (Å²) < 4.78 is 5.80. The summed E-state index contributed by atoms with van der Waals surface area (Å²) in [6.07, 6.45) is 2.27. The van der Waals surface area contributed by atoms with Crippen LogP contribution in [0.3, 0.4) is 0 Å². The van der Waals surface area contributed by atoms with Gasteiger partial charge in [0.05, 0.1) is 11.1 Å². The molecule has 1 unspecified atom stereocenters. The minimum Gasteiger partial charge on any atom is -0.373 e. The molecule has 1 saturated heterocycles. The first-order valence-corrected chi connectivity index (χ1v) is 6.91.